The number of carbonyl (C=O) groups excluding carboxylic acids is 1. The lowest BCUT2D eigenvalue weighted by Gasteiger charge is -2.32. The summed E-state index contributed by atoms with van der Waals surface area (Å²) in [6, 6.07) is 2.76. The fourth-order valence-corrected chi connectivity index (χ4v) is 6.44. The highest BCUT2D eigenvalue weighted by Crippen LogP contribution is 2.58. The Morgan fingerprint density at radius 1 is 1.14 bits per heavy atom. The largest absolute Gasteiger partial charge is 0.479 e. The molecule has 2 aromatic heterocycles. The number of nitrogens with two attached hydrogens (primary N) is 1. The van der Waals surface area contributed by atoms with Crippen LogP contribution in [-0.4, -0.2) is 97.5 Å². The van der Waals surface area contributed by atoms with Gasteiger partial charge >= 0.3 is 25.7 Å². The number of aromatic nitrogens is 4. The monoisotopic (exact) mass is 637 g/mol. The topological polar surface area (TPSA) is 263 Å². The third-order valence-corrected chi connectivity index (χ3v) is 8.35. The number of nitrogens with zero attached hydrogens (tertiary/aromatic N) is 4. The van der Waals surface area contributed by atoms with Gasteiger partial charge in [0.2, 0.25) is 5.75 Å². The Morgan fingerprint density at radius 3 is 2.68 bits per heavy atom. The van der Waals surface area contributed by atoms with E-state index < -0.39 is 76.0 Å². The number of carbonyl (C=O) groups is 3. The Morgan fingerprint density at radius 2 is 1.91 bits per heavy atom. The highest BCUT2D eigenvalue weighted by atomic mass is 31.2. The summed E-state index contributed by atoms with van der Waals surface area (Å²) in [4.78, 5) is 46.8. The third kappa shape index (κ3) is 5.63. The highest BCUT2D eigenvalue weighted by Gasteiger charge is 2.54. The number of benzene rings is 1. The molecule has 1 aromatic carbocycles. The number of ether oxygens (including phenoxy) is 4. The Balaban J connectivity index is 1.18. The van der Waals surface area contributed by atoms with Gasteiger partial charge in [0.1, 0.15) is 30.2 Å². The molecule has 44 heavy (non-hydrogen) atoms. The number of aliphatic hydroxyl groups is 1. The molecule has 6 rings (SSSR count). The van der Waals surface area contributed by atoms with Crippen molar-refractivity contribution in [1.29, 1.82) is 0 Å². The van der Waals surface area contributed by atoms with Crippen molar-refractivity contribution in [2.75, 3.05) is 32.2 Å². The third-order valence-electron chi connectivity index (χ3n) is 6.92. The first-order valence-electron chi connectivity index (χ1n) is 12.9. The number of nitrogen functional groups attached to an aromatic ring is 1. The molecule has 2 saturated heterocycles. The first kappa shape index (κ1) is 29.7. The second-order valence-electron chi connectivity index (χ2n) is 9.80. The van der Waals surface area contributed by atoms with Gasteiger partial charge in [0.05, 0.1) is 26.0 Å². The number of phosphoric acid groups is 1. The fourth-order valence-electron chi connectivity index (χ4n) is 4.99. The zero-order chi connectivity index (χ0) is 31.2. The minimum atomic E-state index is -4.31. The predicted octanol–water partition coefficient (Wildman–Crippen LogP) is 0.227. The van der Waals surface area contributed by atoms with E-state index in [1.807, 2.05) is 0 Å². The molecule has 3 aromatic rings. The number of rotatable bonds is 10. The highest BCUT2D eigenvalue weighted by molar-refractivity contribution is 7.48. The van der Waals surface area contributed by atoms with Crippen molar-refractivity contribution < 1.29 is 66.8 Å². The van der Waals surface area contributed by atoms with E-state index in [9.17, 15) is 24.1 Å². The van der Waals surface area contributed by atoms with Gasteiger partial charge in [-0.3, -0.25) is 22.9 Å². The lowest BCUT2D eigenvalue weighted by atomic mass is 9.93. The van der Waals surface area contributed by atoms with E-state index in [1.165, 1.54) is 29.4 Å². The molecule has 5 N–H and O–H groups in total. The Kier molecular flexibility index (Phi) is 7.82. The zero-order valence-corrected chi connectivity index (χ0v) is 23.3. The number of aliphatic hydroxyl groups excluding tert-OH is 1. The number of carboxylic acid groups (broad SMARTS) is 2. The van der Waals surface area contributed by atoms with Crippen molar-refractivity contribution in [3.63, 3.8) is 0 Å². The number of esters is 1. The standard InChI is InChI=1S/C24H24N5O14P/c25-22-17-23(27-8-26-22)29(9-28-17)24-18(35)20-13(41-24)5-40-44(36,43-20)39-4-10-3-16(34)42-19-11(10)1-2-12(37-6-14(30)31)21(19)38-7-15(32)33/h1-2,8-10,13,18,20,24,35H,3-7H2,(H,30,31)(H,32,33)(H2,25,26,27). The first-order chi connectivity index (χ1) is 21.0. The molecule has 20 heteroatoms. The molecule has 19 nitrogen and oxygen atoms in total. The van der Waals surface area contributed by atoms with Crippen LogP contribution in [0.3, 0.4) is 0 Å². The molecule has 0 spiro atoms. The molecular formula is C24H24N5O14P. The number of aliphatic carboxylic acids is 2. The van der Waals surface area contributed by atoms with Crippen LogP contribution in [0, 0.1) is 0 Å². The van der Waals surface area contributed by atoms with E-state index in [-0.39, 0.29) is 36.1 Å². The zero-order valence-electron chi connectivity index (χ0n) is 22.4. The molecular weight excluding hydrogens is 613 g/mol. The number of hydrogen-bond acceptors (Lipinski definition) is 16. The molecule has 5 heterocycles. The summed E-state index contributed by atoms with van der Waals surface area (Å²) in [6.07, 6.45) is -2.00. The molecule has 0 amide bonds. The molecule has 2 fully saturated rings. The molecule has 3 aliphatic rings. The van der Waals surface area contributed by atoms with Crippen LogP contribution in [0.5, 0.6) is 17.2 Å². The maximum atomic E-state index is 13.5. The van der Waals surface area contributed by atoms with Crippen molar-refractivity contribution in [2.45, 2.75) is 36.9 Å². The van der Waals surface area contributed by atoms with Crippen molar-refractivity contribution in [3.05, 3.63) is 30.4 Å². The second kappa shape index (κ2) is 11.6. The molecule has 0 radical (unpaired) electrons. The van der Waals surface area contributed by atoms with Crippen LogP contribution >= 0.6 is 7.82 Å². The van der Waals surface area contributed by atoms with Crippen LogP contribution in [0.1, 0.15) is 24.1 Å². The van der Waals surface area contributed by atoms with Crippen molar-refractivity contribution in [1.82, 2.24) is 19.5 Å². The van der Waals surface area contributed by atoms with Gasteiger partial charge in [-0.05, 0) is 6.07 Å². The Bertz CT molecular complexity index is 1680. The average molecular weight is 637 g/mol. The van der Waals surface area contributed by atoms with E-state index in [0.29, 0.717) is 16.7 Å². The van der Waals surface area contributed by atoms with E-state index >= 15 is 0 Å². The number of phosphoric ester groups is 1. The minimum Gasteiger partial charge on any atom is -0.479 e. The van der Waals surface area contributed by atoms with Gasteiger partial charge in [-0.25, -0.2) is 29.1 Å². The summed E-state index contributed by atoms with van der Waals surface area (Å²) in [5, 5.41) is 29.1. The van der Waals surface area contributed by atoms with Gasteiger partial charge in [-0.15, -0.1) is 0 Å². The summed E-state index contributed by atoms with van der Waals surface area (Å²) >= 11 is 0. The maximum absolute atomic E-state index is 13.5. The number of carboxylic acids is 2. The Hall–Kier alpha value is -4.39. The molecule has 0 saturated carbocycles. The molecule has 0 aliphatic carbocycles. The summed E-state index contributed by atoms with van der Waals surface area (Å²) in [5.41, 5.74) is 6.73. The van der Waals surface area contributed by atoms with E-state index in [2.05, 4.69) is 15.0 Å². The van der Waals surface area contributed by atoms with Gasteiger partial charge in [0.25, 0.3) is 0 Å². The number of fused-ring (bicyclic) bond motifs is 3. The lowest BCUT2D eigenvalue weighted by molar-refractivity contribution is -0.141. The van der Waals surface area contributed by atoms with Crippen molar-refractivity contribution in [3.8, 4) is 17.2 Å². The van der Waals surface area contributed by atoms with E-state index in [4.69, 9.17) is 48.5 Å². The second-order valence-corrected chi connectivity index (χ2v) is 11.4. The molecule has 6 unspecified atom stereocenters. The fraction of sp³-hybridized carbons (Fsp3) is 0.417. The summed E-state index contributed by atoms with van der Waals surface area (Å²) in [7, 11) is -4.31. The molecule has 234 valence electrons. The predicted molar refractivity (Wildman–Crippen MR) is 140 cm³/mol. The number of hydrogen-bond donors (Lipinski definition) is 4. The maximum Gasteiger partial charge on any atom is 0.475 e. The minimum absolute atomic E-state index is 0.133. The van der Waals surface area contributed by atoms with Gasteiger partial charge < -0.3 is 40.0 Å². The summed E-state index contributed by atoms with van der Waals surface area (Å²) in [6.45, 7) is -2.29. The van der Waals surface area contributed by atoms with Crippen LogP contribution in [0.2, 0.25) is 0 Å². The van der Waals surface area contributed by atoms with Crippen LogP contribution in [0.15, 0.2) is 24.8 Å². The molecule has 6 atom stereocenters. The molecule has 0 bridgehead atoms. The van der Waals surface area contributed by atoms with Crippen LogP contribution in [0.25, 0.3) is 11.2 Å². The van der Waals surface area contributed by atoms with Crippen LogP contribution in [0.4, 0.5) is 5.82 Å². The normalized spacial score (nSPS) is 27.8. The van der Waals surface area contributed by atoms with Crippen LogP contribution < -0.4 is 19.9 Å². The van der Waals surface area contributed by atoms with Gasteiger partial charge in [0.15, 0.2) is 42.4 Å². The summed E-state index contributed by atoms with van der Waals surface area (Å²) in [5.74, 6) is -4.78. The average Bonchev–Trinajstić information content (AvgIpc) is 3.55. The van der Waals surface area contributed by atoms with Crippen LogP contribution in [-0.2, 0) is 37.3 Å². The van der Waals surface area contributed by atoms with Crippen molar-refractivity contribution >= 4 is 42.7 Å². The quantitative estimate of drug-likeness (QED) is 0.132. The SMILES string of the molecule is Nc1ncnc2c1ncn2C1OC2COP(=O)(OCC3CC(=O)Oc4c3ccc(OCC(=O)O)c4OCC(=O)O)OC2C1O. The lowest BCUT2D eigenvalue weighted by Crippen LogP contribution is -2.39. The Labute approximate surface area is 246 Å². The van der Waals surface area contributed by atoms with E-state index in [1.54, 1.807) is 0 Å². The number of anilines is 1. The van der Waals surface area contributed by atoms with Gasteiger partial charge in [-0.2, -0.15) is 0 Å². The van der Waals surface area contributed by atoms with Gasteiger partial charge in [0, 0.05) is 11.5 Å². The number of imidazole rings is 1. The van der Waals surface area contributed by atoms with Crippen molar-refractivity contribution in [2.24, 2.45) is 0 Å². The van der Waals surface area contributed by atoms with E-state index in [0.717, 1.165) is 0 Å². The smallest absolute Gasteiger partial charge is 0.475 e. The summed E-state index contributed by atoms with van der Waals surface area (Å²) < 4.78 is 53.1. The van der Waals surface area contributed by atoms with Gasteiger partial charge in [-0.1, -0.05) is 6.07 Å². The first-order valence-corrected chi connectivity index (χ1v) is 14.4. The molecule has 3 aliphatic heterocycles.